The SMILES string of the molecule is O=C(O)N(C1CN2CCC1CC2)[C@@H]1c2cc(-c3cccc(F)c3)ccc2CCC12CC2. The number of halogens is 1. The van der Waals surface area contributed by atoms with E-state index in [-0.39, 0.29) is 23.3 Å². The third-order valence-corrected chi connectivity index (χ3v) is 8.44. The van der Waals surface area contributed by atoms with Crippen LogP contribution in [0.5, 0.6) is 0 Å². The molecular weight excluding hydrogens is 391 g/mol. The zero-order valence-corrected chi connectivity index (χ0v) is 17.8. The highest BCUT2D eigenvalue weighted by atomic mass is 19.1. The predicted octanol–water partition coefficient (Wildman–Crippen LogP) is 5.33. The number of carboxylic acid groups (broad SMARTS) is 1. The van der Waals surface area contributed by atoms with Crippen molar-refractivity contribution in [1.29, 1.82) is 0 Å². The van der Waals surface area contributed by atoms with Crippen LogP contribution in [0.2, 0.25) is 0 Å². The predicted molar refractivity (Wildman–Crippen MR) is 117 cm³/mol. The molecule has 3 saturated heterocycles. The van der Waals surface area contributed by atoms with Gasteiger partial charge in [0.25, 0.3) is 0 Å². The Balaban J connectivity index is 1.45. The van der Waals surface area contributed by atoms with E-state index in [0.717, 1.165) is 74.8 Å². The van der Waals surface area contributed by atoms with Crippen molar-refractivity contribution in [3.63, 3.8) is 0 Å². The minimum atomic E-state index is -0.779. The molecule has 1 amide bonds. The lowest BCUT2D eigenvalue weighted by Crippen LogP contribution is -2.60. The summed E-state index contributed by atoms with van der Waals surface area (Å²) in [6.45, 7) is 3.07. The second-order valence-electron chi connectivity index (χ2n) is 10.1. The standard InChI is InChI=1S/C26H29FN2O2/c27-21-3-1-2-19(14-21)20-5-4-17-6-9-26(10-11-26)24(22(17)15-20)29(25(30)31)23-16-28-12-7-18(23)8-13-28/h1-5,14-15,18,23-24H,6-13,16H2,(H,30,31)/t23?,24-/m1/s1. The Kier molecular flexibility index (Phi) is 4.39. The van der Waals surface area contributed by atoms with Crippen molar-refractivity contribution in [3.8, 4) is 11.1 Å². The molecule has 2 aromatic carbocycles. The summed E-state index contributed by atoms with van der Waals surface area (Å²) in [5.74, 6) is 0.221. The molecule has 4 fully saturated rings. The van der Waals surface area contributed by atoms with E-state index < -0.39 is 6.09 Å². The van der Waals surface area contributed by atoms with E-state index in [1.165, 1.54) is 11.6 Å². The molecule has 0 aromatic heterocycles. The van der Waals surface area contributed by atoms with E-state index in [2.05, 4.69) is 23.1 Å². The van der Waals surface area contributed by atoms with Crippen LogP contribution in [0.15, 0.2) is 42.5 Å². The van der Waals surface area contributed by atoms with Gasteiger partial charge in [-0.25, -0.2) is 9.18 Å². The molecule has 162 valence electrons. The van der Waals surface area contributed by atoms with Gasteiger partial charge < -0.3 is 10.0 Å². The lowest BCUT2D eigenvalue weighted by Gasteiger charge is -2.52. The monoisotopic (exact) mass is 420 g/mol. The van der Waals surface area contributed by atoms with E-state index in [1.807, 2.05) is 11.0 Å². The van der Waals surface area contributed by atoms with E-state index >= 15 is 0 Å². The molecule has 2 aliphatic carbocycles. The number of hydrogen-bond acceptors (Lipinski definition) is 2. The summed E-state index contributed by atoms with van der Waals surface area (Å²) < 4.78 is 13.9. The molecule has 4 nitrogen and oxygen atoms in total. The Bertz CT molecular complexity index is 1030. The first kappa shape index (κ1) is 19.3. The van der Waals surface area contributed by atoms with Crippen molar-refractivity contribution in [2.75, 3.05) is 19.6 Å². The molecule has 3 aliphatic heterocycles. The summed E-state index contributed by atoms with van der Waals surface area (Å²) in [7, 11) is 0. The van der Waals surface area contributed by atoms with Crippen LogP contribution < -0.4 is 0 Å². The summed E-state index contributed by atoms with van der Waals surface area (Å²) >= 11 is 0. The van der Waals surface area contributed by atoms with E-state index in [9.17, 15) is 14.3 Å². The van der Waals surface area contributed by atoms with Crippen molar-refractivity contribution in [1.82, 2.24) is 9.80 Å². The van der Waals surface area contributed by atoms with Gasteiger partial charge in [0.2, 0.25) is 0 Å². The molecule has 1 N–H and O–H groups in total. The van der Waals surface area contributed by atoms with Crippen molar-refractivity contribution in [2.45, 2.75) is 50.6 Å². The van der Waals surface area contributed by atoms with Crippen LogP contribution in [-0.4, -0.2) is 46.7 Å². The minimum absolute atomic E-state index is 0.0752. The molecule has 2 bridgehead atoms. The highest BCUT2D eigenvalue weighted by molar-refractivity contribution is 5.69. The first-order valence-electron chi connectivity index (χ1n) is 11.7. The largest absolute Gasteiger partial charge is 0.465 e. The van der Waals surface area contributed by atoms with Crippen LogP contribution in [0.3, 0.4) is 0 Å². The molecule has 5 heteroatoms. The fraction of sp³-hybridized carbons (Fsp3) is 0.500. The number of benzene rings is 2. The number of carbonyl (C=O) groups is 1. The first-order chi connectivity index (χ1) is 15.0. The Morgan fingerprint density at radius 3 is 2.48 bits per heavy atom. The average molecular weight is 421 g/mol. The zero-order chi connectivity index (χ0) is 21.2. The third-order valence-electron chi connectivity index (χ3n) is 8.44. The highest BCUT2D eigenvalue weighted by Gasteiger charge is 2.57. The summed E-state index contributed by atoms with van der Waals surface area (Å²) in [4.78, 5) is 17.1. The van der Waals surface area contributed by atoms with Gasteiger partial charge >= 0.3 is 6.09 Å². The van der Waals surface area contributed by atoms with Crippen molar-refractivity contribution in [3.05, 3.63) is 59.4 Å². The van der Waals surface area contributed by atoms with E-state index in [4.69, 9.17) is 0 Å². The average Bonchev–Trinajstić information content (AvgIpc) is 3.56. The number of nitrogens with zero attached hydrogens (tertiary/aromatic N) is 2. The number of hydrogen-bond donors (Lipinski definition) is 1. The van der Waals surface area contributed by atoms with Crippen LogP contribution in [0.4, 0.5) is 9.18 Å². The number of rotatable bonds is 3. The van der Waals surface area contributed by atoms with Gasteiger partial charge in [0, 0.05) is 6.54 Å². The highest BCUT2D eigenvalue weighted by Crippen LogP contribution is 2.64. The molecule has 2 atom stereocenters. The summed E-state index contributed by atoms with van der Waals surface area (Å²) in [6.07, 6.45) is 5.70. The molecule has 5 aliphatic rings. The smallest absolute Gasteiger partial charge is 0.408 e. The van der Waals surface area contributed by atoms with Gasteiger partial charge in [-0.05, 0) is 103 Å². The van der Waals surface area contributed by atoms with E-state index in [0.29, 0.717) is 5.92 Å². The van der Waals surface area contributed by atoms with Crippen molar-refractivity contribution in [2.24, 2.45) is 11.3 Å². The van der Waals surface area contributed by atoms with E-state index in [1.54, 1.807) is 12.1 Å². The Morgan fingerprint density at radius 2 is 1.84 bits per heavy atom. The number of amides is 1. The van der Waals surface area contributed by atoms with Gasteiger partial charge in [-0.15, -0.1) is 0 Å². The normalized spacial score (nSPS) is 30.1. The molecule has 3 heterocycles. The minimum Gasteiger partial charge on any atom is -0.465 e. The summed E-state index contributed by atoms with van der Waals surface area (Å²) in [5, 5.41) is 10.5. The topological polar surface area (TPSA) is 43.8 Å². The molecule has 1 spiro atoms. The quantitative estimate of drug-likeness (QED) is 0.729. The fourth-order valence-corrected chi connectivity index (χ4v) is 6.60. The fourth-order valence-electron chi connectivity index (χ4n) is 6.60. The van der Waals surface area contributed by atoms with Gasteiger partial charge in [-0.2, -0.15) is 0 Å². The Labute approximate surface area is 182 Å². The number of aryl methyl sites for hydroxylation is 1. The number of fused-ring (bicyclic) bond motifs is 4. The van der Waals surface area contributed by atoms with Crippen molar-refractivity contribution >= 4 is 6.09 Å². The molecular formula is C26H29FN2O2. The lowest BCUT2D eigenvalue weighted by molar-refractivity contribution is -0.0243. The molecule has 31 heavy (non-hydrogen) atoms. The van der Waals surface area contributed by atoms with Gasteiger partial charge in [0.05, 0.1) is 12.1 Å². The zero-order valence-electron chi connectivity index (χ0n) is 17.8. The molecule has 2 aromatic rings. The summed E-state index contributed by atoms with van der Waals surface area (Å²) in [6, 6.07) is 13.0. The molecule has 1 saturated carbocycles. The van der Waals surface area contributed by atoms with Crippen molar-refractivity contribution < 1.29 is 14.3 Å². The van der Waals surface area contributed by atoms with Gasteiger partial charge in [0.1, 0.15) is 5.82 Å². The Morgan fingerprint density at radius 1 is 1.06 bits per heavy atom. The second-order valence-corrected chi connectivity index (χ2v) is 10.1. The molecule has 0 radical (unpaired) electrons. The van der Waals surface area contributed by atoms with Crippen LogP contribution in [0.25, 0.3) is 11.1 Å². The van der Waals surface area contributed by atoms with Crippen LogP contribution >= 0.6 is 0 Å². The summed E-state index contributed by atoms with van der Waals surface area (Å²) in [5.41, 5.74) is 4.32. The second kappa shape index (κ2) is 7.06. The maximum Gasteiger partial charge on any atom is 0.408 e. The maximum absolute atomic E-state index is 13.9. The van der Waals surface area contributed by atoms with Crippen LogP contribution in [-0.2, 0) is 6.42 Å². The lowest BCUT2D eigenvalue weighted by atomic mass is 9.73. The van der Waals surface area contributed by atoms with Gasteiger partial charge in [0.15, 0.2) is 0 Å². The molecule has 7 rings (SSSR count). The Hall–Kier alpha value is -2.40. The van der Waals surface area contributed by atoms with Gasteiger partial charge in [-0.3, -0.25) is 4.90 Å². The third kappa shape index (κ3) is 3.16. The molecule has 1 unspecified atom stereocenters. The van der Waals surface area contributed by atoms with Gasteiger partial charge in [-0.1, -0.05) is 24.3 Å². The van der Waals surface area contributed by atoms with Crippen LogP contribution in [0, 0.1) is 17.2 Å². The number of piperidine rings is 3. The maximum atomic E-state index is 13.9. The van der Waals surface area contributed by atoms with Crippen LogP contribution in [0.1, 0.15) is 49.3 Å². The first-order valence-corrected chi connectivity index (χ1v) is 11.7.